The molecule has 0 aliphatic carbocycles. The Balaban J connectivity index is 1.93. The van der Waals surface area contributed by atoms with Crippen molar-refractivity contribution in [2.75, 3.05) is 59.2 Å². The minimum Gasteiger partial charge on any atom is -0.394 e. The van der Waals surface area contributed by atoms with Crippen LogP contribution in [0.15, 0.2) is 46.7 Å². The molecule has 0 radical (unpaired) electrons. The highest BCUT2D eigenvalue weighted by atomic mass is 32.2. The SMILES string of the molecule is CN/C(=C(N)\C(=N/CN1CCN(C)CC1)NCCSNCc1ccccc1)C(F)(F)F. The molecule has 0 atom stereocenters. The van der Waals surface area contributed by atoms with E-state index in [2.05, 4.69) is 30.1 Å². The lowest BCUT2D eigenvalue weighted by atomic mass is 10.2. The number of likely N-dealkylation sites (N-methyl/N-ethyl adjacent to an activating group) is 1. The van der Waals surface area contributed by atoms with E-state index < -0.39 is 17.6 Å². The summed E-state index contributed by atoms with van der Waals surface area (Å²) in [6.07, 6.45) is -4.58. The minimum absolute atomic E-state index is 0.0595. The number of nitrogens with two attached hydrogens (primary N) is 1. The van der Waals surface area contributed by atoms with Crippen LogP contribution in [-0.2, 0) is 6.54 Å². The number of nitrogens with one attached hydrogen (secondary N) is 3. The van der Waals surface area contributed by atoms with Crippen molar-refractivity contribution in [3.8, 4) is 0 Å². The van der Waals surface area contributed by atoms with Gasteiger partial charge in [-0.15, -0.1) is 0 Å². The Morgan fingerprint density at radius 2 is 1.84 bits per heavy atom. The average molecular weight is 460 g/mol. The average Bonchev–Trinajstić information content (AvgIpc) is 2.74. The van der Waals surface area contributed by atoms with Gasteiger partial charge in [-0.2, -0.15) is 13.2 Å². The molecule has 1 saturated heterocycles. The predicted octanol–water partition coefficient (Wildman–Crippen LogP) is 1.57. The third-order valence-corrected chi connectivity index (χ3v) is 5.56. The van der Waals surface area contributed by atoms with Gasteiger partial charge < -0.3 is 21.3 Å². The molecule has 0 unspecified atom stereocenters. The quantitative estimate of drug-likeness (QED) is 0.183. The Labute approximate surface area is 186 Å². The normalized spacial score (nSPS) is 17.4. The number of piperazine rings is 1. The van der Waals surface area contributed by atoms with E-state index in [0.717, 1.165) is 31.7 Å². The molecule has 1 aromatic rings. The number of halogens is 3. The van der Waals surface area contributed by atoms with E-state index in [-0.39, 0.29) is 5.84 Å². The lowest BCUT2D eigenvalue weighted by Crippen LogP contribution is -2.45. The number of aliphatic imine (C=N–C) groups is 1. The van der Waals surface area contributed by atoms with Crippen LogP contribution in [0.3, 0.4) is 0 Å². The molecule has 0 amide bonds. The molecule has 1 aliphatic rings. The van der Waals surface area contributed by atoms with Gasteiger partial charge in [0.15, 0.2) is 0 Å². The van der Waals surface area contributed by atoms with Crippen molar-refractivity contribution in [2.45, 2.75) is 12.7 Å². The van der Waals surface area contributed by atoms with Crippen LogP contribution in [0.1, 0.15) is 5.56 Å². The van der Waals surface area contributed by atoms with E-state index in [0.29, 0.717) is 25.5 Å². The van der Waals surface area contributed by atoms with Gasteiger partial charge in [-0.1, -0.05) is 42.3 Å². The van der Waals surface area contributed by atoms with Crippen LogP contribution in [0.25, 0.3) is 0 Å². The molecule has 1 aromatic carbocycles. The van der Waals surface area contributed by atoms with Crippen molar-refractivity contribution in [2.24, 2.45) is 10.7 Å². The first-order valence-electron chi connectivity index (χ1n) is 10.1. The van der Waals surface area contributed by atoms with Gasteiger partial charge in [-0.05, 0) is 12.6 Å². The van der Waals surface area contributed by atoms with Gasteiger partial charge >= 0.3 is 6.18 Å². The van der Waals surface area contributed by atoms with Gasteiger partial charge in [0.05, 0.1) is 6.67 Å². The number of alkyl halides is 3. The van der Waals surface area contributed by atoms with E-state index in [1.165, 1.54) is 19.0 Å². The maximum absolute atomic E-state index is 13.3. The molecule has 0 saturated carbocycles. The predicted molar refractivity (Wildman–Crippen MR) is 121 cm³/mol. The molecule has 0 bridgehead atoms. The summed E-state index contributed by atoms with van der Waals surface area (Å²) in [7, 11) is 3.25. The highest BCUT2D eigenvalue weighted by Crippen LogP contribution is 2.24. The second kappa shape index (κ2) is 12.8. The van der Waals surface area contributed by atoms with E-state index in [1.54, 1.807) is 0 Å². The summed E-state index contributed by atoms with van der Waals surface area (Å²) in [6, 6.07) is 9.96. The van der Waals surface area contributed by atoms with E-state index in [4.69, 9.17) is 5.73 Å². The molecule has 1 heterocycles. The van der Waals surface area contributed by atoms with Crippen LogP contribution >= 0.6 is 11.9 Å². The van der Waals surface area contributed by atoms with Crippen LogP contribution in [0, 0.1) is 0 Å². The molecule has 7 nitrogen and oxygen atoms in total. The van der Waals surface area contributed by atoms with Crippen molar-refractivity contribution in [3.63, 3.8) is 0 Å². The van der Waals surface area contributed by atoms with Gasteiger partial charge in [0, 0.05) is 52.1 Å². The summed E-state index contributed by atoms with van der Waals surface area (Å²) in [6.45, 7) is 4.85. The van der Waals surface area contributed by atoms with Crippen molar-refractivity contribution >= 4 is 17.8 Å². The summed E-state index contributed by atoms with van der Waals surface area (Å²) in [4.78, 5) is 8.68. The Kier molecular flexibility index (Phi) is 10.4. The van der Waals surface area contributed by atoms with Crippen LogP contribution in [0.5, 0.6) is 0 Å². The van der Waals surface area contributed by atoms with Crippen molar-refractivity contribution in [3.05, 3.63) is 47.3 Å². The smallest absolute Gasteiger partial charge is 0.394 e. The summed E-state index contributed by atoms with van der Waals surface area (Å²) >= 11 is 1.49. The topological polar surface area (TPSA) is 81.0 Å². The van der Waals surface area contributed by atoms with Crippen LogP contribution in [0.4, 0.5) is 13.2 Å². The molecular weight excluding hydrogens is 427 g/mol. The van der Waals surface area contributed by atoms with Crippen molar-refractivity contribution in [1.29, 1.82) is 0 Å². The van der Waals surface area contributed by atoms with Crippen LogP contribution in [0.2, 0.25) is 0 Å². The summed E-state index contributed by atoms with van der Waals surface area (Å²) < 4.78 is 43.2. The summed E-state index contributed by atoms with van der Waals surface area (Å²) in [5.41, 5.74) is 5.61. The summed E-state index contributed by atoms with van der Waals surface area (Å²) in [5.74, 6) is 0.693. The molecule has 1 aliphatic heterocycles. The Bertz CT molecular complexity index is 717. The number of nitrogens with zero attached hydrogens (tertiary/aromatic N) is 3. The Morgan fingerprint density at radius 1 is 1.16 bits per heavy atom. The molecule has 11 heteroatoms. The second-order valence-electron chi connectivity index (χ2n) is 7.19. The fraction of sp³-hybridized carbons (Fsp3) is 0.550. The zero-order valence-electron chi connectivity index (χ0n) is 18.0. The molecule has 2 rings (SSSR count). The largest absolute Gasteiger partial charge is 0.433 e. The van der Waals surface area contributed by atoms with Gasteiger partial charge in [0.25, 0.3) is 0 Å². The number of hydrogen-bond donors (Lipinski definition) is 4. The molecule has 5 N–H and O–H groups in total. The Morgan fingerprint density at radius 3 is 2.45 bits per heavy atom. The monoisotopic (exact) mass is 459 g/mol. The number of hydrogen-bond acceptors (Lipinski definition) is 7. The summed E-state index contributed by atoms with van der Waals surface area (Å²) in [5, 5.41) is 5.15. The van der Waals surface area contributed by atoms with Gasteiger partial charge in [-0.3, -0.25) is 14.6 Å². The fourth-order valence-corrected chi connectivity index (χ4v) is 3.58. The third kappa shape index (κ3) is 8.98. The molecule has 31 heavy (non-hydrogen) atoms. The van der Waals surface area contributed by atoms with Gasteiger partial charge in [0.1, 0.15) is 17.2 Å². The highest BCUT2D eigenvalue weighted by molar-refractivity contribution is 7.97. The number of allylic oxidation sites excluding steroid dienone is 1. The fourth-order valence-electron chi connectivity index (χ4n) is 2.97. The maximum Gasteiger partial charge on any atom is 0.433 e. The number of benzene rings is 1. The minimum atomic E-state index is -4.58. The van der Waals surface area contributed by atoms with Crippen molar-refractivity contribution < 1.29 is 13.2 Å². The van der Waals surface area contributed by atoms with Crippen LogP contribution in [-0.4, -0.2) is 81.1 Å². The molecule has 1 fully saturated rings. The zero-order valence-corrected chi connectivity index (χ0v) is 18.8. The number of amidine groups is 1. The zero-order chi connectivity index (χ0) is 22.7. The van der Waals surface area contributed by atoms with Gasteiger partial charge in [-0.25, -0.2) is 0 Å². The first kappa shape index (κ1) is 25.3. The Hall–Kier alpha value is -1.95. The highest BCUT2D eigenvalue weighted by Gasteiger charge is 2.36. The maximum atomic E-state index is 13.3. The second-order valence-corrected chi connectivity index (χ2v) is 8.17. The molecule has 0 aromatic heterocycles. The van der Waals surface area contributed by atoms with E-state index in [1.807, 2.05) is 37.4 Å². The van der Waals surface area contributed by atoms with E-state index in [9.17, 15) is 13.2 Å². The standard InChI is InChI=1S/C20H32F3N7S/c1-25-18(20(21,22)23)17(24)19(27-15-30-11-9-29(2)10-12-30)26-8-13-31-28-14-16-6-4-3-5-7-16/h3-7,25,28H,8-15,24H2,1-2H3,(H,26,27)/b18-17+. The molecule has 0 spiro atoms. The number of rotatable bonds is 10. The van der Waals surface area contributed by atoms with Gasteiger partial charge in [0.2, 0.25) is 0 Å². The molecular formula is C20H32F3N7S. The first-order valence-corrected chi connectivity index (χ1v) is 11.1. The third-order valence-electron chi connectivity index (χ3n) is 4.80. The van der Waals surface area contributed by atoms with Crippen molar-refractivity contribution in [1.82, 2.24) is 25.2 Å². The lowest BCUT2D eigenvalue weighted by molar-refractivity contribution is -0.0966. The van der Waals surface area contributed by atoms with E-state index >= 15 is 0 Å². The van der Waals surface area contributed by atoms with Crippen LogP contribution < -0.4 is 21.1 Å². The molecule has 174 valence electrons. The first-order chi connectivity index (χ1) is 14.8. The lowest BCUT2D eigenvalue weighted by Gasteiger charge is -2.31.